The van der Waals surface area contributed by atoms with Crippen LogP contribution in [0.25, 0.3) is 0 Å². The molecule has 0 amide bonds. The van der Waals surface area contributed by atoms with Crippen LogP contribution in [-0.2, 0) is 12.8 Å². The van der Waals surface area contributed by atoms with Crippen LogP contribution in [0.3, 0.4) is 0 Å². The van der Waals surface area contributed by atoms with Gasteiger partial charge in [0, 0.05) is 17.5 Å². The molecule has 1 heterocycles. The van der Waals surface area contributed by atoms with Gasteiger partial charge in [-0.15, -0.1) is 0 Å². The molecule has 2 nitrogen and oxygen atoms in total. The van der Waals surface area contributed by atoms with Gasteiger partial charge in [-0.2, -0.15) is 0 Å². The van der Waals surface area contributed by atoms with E-state index in [1.54, 1.807) is 7.11 Å². The van der Waals surface area contributed by atoms with E-state index >= 15 is 0 Å². The maximum atomic E-state index is 5.53. The number of rotatable bonds is 3. The fraction of sp³-hybridized carbons (Fsp3) is 0.500. The fourth-order valence-electron chi connectivity index (χ4n) is 2.04. The number of hydrogen-bond acceptors (Lipinski definition) is 2. The Bertz CT molecular complexity index is 331. The normalized spacial score (nSPS) is 13.6. The summed E-state index contributed by atoms with van der Waals surface area (Å²) in [5.74, 6) is 2.06. The summed E-state index contributed by atoms with van der Waals surface area (Å²) in [5.41, 5.74) is 2.69. The molecule has 0 aliphatic carbocycles. The predicted octanol–water partition coefficient (Wildman–Crippen LogP) is 2.58. The Balaban J connectivity index is 2.45. The van der Waals surface area contributed by atoms with Gasteiger partial charge in [0.1, 0.15) is 11.5 Å². The van der Waals surface area contributed by atoms with E-state index in [0.29, 0.717) is 0 Å². The van der Waals surface area contributed by atoms with Crippen LogP contribution in [-0.4, -0.2) is 13.7 Å². The van der Waals surface area contributed by atoms with Crippen LogP contribution in [0.1, 0.15) is 24.5 Å². The van der Waals surface area contributed by atoms with Crippen molar-refractivity contribution >= 4 is 0 Å². The van der Waals surface area contributed by atoms with Gasteiger partial charge in [-0.1, -0.05) is 13.3 Å². The minimum atomic E-state index is 0.819. The zero-order valence-corrected chi connectivity index (χ0v) is 8.80. The van der Waals surface area contributed by atoms with Crippen LogP contribution in [0.2, 0.25) is 0 Å². The Labute approximate surface area is 84.8 Å². The van der Waals surface area contributed by atoms with E-state index < -0.39 is 0 Å². The maximum Gasteiger partial charge on any atom is 0.123 e. The van der Waals surface area contributed by atoms with Crippen molar-refractivity contribution in [3.63, 3.8) is 0 Å². The van der Waals surface area contributed by atoms with Crippen molar-refractivity contribution in [2.75, 3.05) is 13.7 Å². The first kappa shape index (κ1) is 9.38. The summed E-state index contributed by atoms with van der Waals surface area (Å²) in [5, 5.41) is 0. The molecule has 0 saturated carbocycles. The molecule has 14 heavy (non-hydrogen) atoms. The van der Waals surface area contributed by atoms with Crippen LogP contribution in [0.4, 0.5) is 0 Å². The number of ether oxygens (including phenoxy) is 2. The number of fused-ring (bicyclic) bond motifs is 1. The highest BCUT2D eigenvalue weighted by Crippen LogP contribution is 2.35. The summed E-state index contributed by atoms with van der Waals surface area (Å²) < 4.78 is 10.9. The molecule has 0 radical (unpaired) electrons. The Kier molecular flexibility index (Phi) is 2.62. The highest BCUT2D eigenvalue weighted by molar-refractivity contribution is 5.50. The van der Waals surface area contributed by atoms with Crippen LogP contribution < -0.4 is 9.47 Å². The third-order valence-electron chi connectivity index (χ3n) is 2.67. The average Bonchev–Trinajstić information content (AvgIpc) is 2.67. The zero-order valence-electron chi connectivity index (χ0n) is 8.80. The molecule has 1 aromatic rings. The largest absolute Gasteiger partial charge is 0.496 e. The van der Waals surface area contributed by atoms with Crippen molar-refractivity contribution in [2.45, 2.75) is 26.2 Å². The summed E-state index contributed by atoms with van der Waals surface area (Å²) in [7, 11) is 1.73. The van der Waals surface area contributed by atoms with Crippen molar-refractivity contribution in [3.05, 3.63) is 23.3 Å². The second kappa shape index (κ2) is 3.91. The molecule has 0 bridgehead atoms. The molecule has 1 aliphatic heterocycles. The average molecular weight is 192 g/mol. The second-order valence-electron chi connectivity index (χ2n) is 3.57. The first-order chi connectivity index (χ1) is 6.86. The van der Waals surface area contributed by atoms with E-state index in [0.717, 1.165) is 37.4 Å². The van der Waals surface area contributed by atoms with Gasteiger partial charge in [0.2, 0.25) is 0 Å². The van der Waals surface area contributed by atoms with Crippen molar-refractivity contribution in [1.82, 2.24) is 0 Å². The standard InChI is InChI=1S/C12H16O2/c1-3-4-9-10-7-8-14-12(10)6-5-11(9)13-2/h5-6H,3-4,7-8H2,1-2H3. The molecule has 76 valence electrons. The summed E-state index contributed by atoms with van der Waals surface area (Å²) in [4.78, 5) is 0. The summed E-state index contributed by atoms with van der Waals surface area (Å²) >= 11 is 0. The lowest BCUT2D eigenvalue weighted by Crippen LogP contribution is -1.96. The molecule has 0 fully saturated rings. The summed E-state index contributed by atoms with van der Waals surface area (Å²) in [6.07, 6.45) is 3.25. The Morgan fingerprint density at radius 2 is 2.29 bits per heavy atom. The summed E-state index contributed by atoms with van der Waals surface area (Å²) in [6.45, 7) is 3.01. The molecule has 0 aromatic heterocycles. The summed E-state index contributed by atoms with van der Waals surface area (Å²) in [6, 6.07) is 4.02. The molecule has 0 spiro atoms. The lowest BCUT2D eigenvalue weighted by Gasteiger charge is -2.11. The van der Waals surface area contributed by atoms with Crippen molar-refractivity contribution in [1.29, 1.82) is 0 Å². The van der Waals surface area contributed by atoms with E-state index in [4.69, 9.17) is 9.47 Å². The minimum Gasteiger partial charge on any atom is -0.496 e. The van der Waals surface area contributed by atoms with Gasteiger partial charge in [-0.25, -0.2) is 0 Å². The number of hydrogen-bond donors (Lipinski definition) is 0. The van der Waals surface area contributed by atoms with Crippen molar-refractivity contribution in [3.8, 4) is 11.5 Å². The molecule has 2 rings (SSSR count). The molecule has 0 unspecified atom stereocenters. The van der Waals surface area contributed by atoms with Gasteiger partial charge in [0.05, 0.1) is 13.7 Å². The van der Waals surface area contributed by atoms with E-state index in [9.17, 15) is 0 Å². The van der Waals surface area contributed by atoms with Crippen LogP contribution in [0, 0.1) is 0 Å². The third-order valence-corrected chi connectivity index (χ3v) is 2.67. The quantitative estimate of drug-likeness (QED) is 0.732. The predicted molar refractivity (Wildman–Crippen MR) is 56.2 cm³/mol. The van der Waals surface area contributed by atoms with Gasteiger partial charge in [-0.3, -0.25) is 0 Å². The van der Waals surface area contributed by atoms with E-state index in [2.05, 4.69) is 6.92 Å². The number of methoxy groups -OCH3 is 1. The molecule has 0 N–H and O–H groups in total. The smallest absolute Gasteiger partial charge is 0.123 e. The van der Waals surface area contributed by atoms with E-state index in [1.165, 1.54) is 11.1 Å². The Hall–Kier alpha value is -1.18. The third kappa shape index (κ3) is 1.45. The molecule has 2 heteroatoms. The lowest BCUT2D eigenvalue weighted by molar-refractivity contribution is 0.356. The first-order valence-corrected chi connectivity index (χ1v) is 5.18. The van der Waals surface area contributed by atoms with Crippen molar-refractivity contribution < 1.29 is 9.47 Å². The molecular weight excluding hydrogens is 176 g/mol. The monoisotopic (exact) mass is 192 g/mol. The first-order valence-electron chi connectivity index (χ1n) is 5.18. The van der Waals surface area contributed by atoms with Crippen molar-refractivity contribution in [2.24, 2.45) is 0 Å². The van der Waals surface area contributed by atoms with Gasteiger partial charge in [-0.05, 0) is 18.6 Å². The van der Waals surface area contributed by atoms with Gasteiger partial charge >= 0.3 is 0 Å². The highest BCUT2D eigenvalue weighted by atomic mass is 16.5. The van der Waals surface area contributed by atoms with Gasteiger partial charge < -0.3 is 9.47 Å². The van der Waals surface area contributed by atoms with Crippen LogP contribution >= 0.6 is 0 Å². The van der Waals surface area contributed by atoms with Crippen LogP contribution in [0.15, 0.2) is 12.1 Å². The Morgan fingerprint density at radius 3 is 3.00 bits per heavy atom. The van der Waals surface area contributed by atoms with Gasteiger partial charge in [0.15, 0.2) is 0 Å². The fourth-order valence-corrected chi connectivity index (χ4v) is 2.04. The van der Waals surface area contributed by atoms with E-state index in [1.807, 2.05) is 12.1 Å². The van der Waals surface area contributed by atoms with Gasteiger partial charge in [0.25, 0.3) is 0 Å². The maximum absolute atomic E-state index is 5.53. The highest BCUT2D eigenvalue weighted by Gasteiger charge is 2.18. The Morgan fingerprint density at radius 1 is 1.43 bits per heavy atom. The molecular formula is C12H16O2. The number of benzene rings is 1. The van der Waals surface area contributed by atoms with Crippen LogP contribution in [0.5, 0.6) is 11.5 Å². The molecule has 1 aliphatic rings. The topological polar surface area (TPSA) is 18.5 Å². The molecule has 0 atom stereocenters. The second-order valence-corrected chi connectivity index (χ2v) is 3.57. The SMILES string of the molecule is CCCc1c(OC)ccc2c1CCO2. The molecule has 1 aromatic carbocycles. The minimum absolute atomic E-state index is 0.819. The molecule has 0 saturated heterocycles. The lowest BCUT2D eigenvalue weighted by atomic mass is 10.00. The zero-order chi connectivity index (χ0) is 9.97. The van der Waals surface area contributed by atoms with E-state index in [-0.39, 0.29) is 0 Å².